The van der Waals surface area contributed by atoms with Gasteiger partial charge < -0.3 is 10.1 Å². The van der Waals surface area contributed by atoms with Crippen molar-refractivity contribution >= 4 is 29.0 Å². The standard InChI is InChI=1S/C26H26ClFN4O3/c1-16(2)35-22-10-9-20(12-21(22)28)31-25-30-13-18(11-23(33)26(3,4)15-29)24(34)32(25)14-17-5-7-19(27)8-6-17/h5-10,12-13,16H,11,14H2,1-4H3,(H,30,31). The highest BCUT2D eigenvalue weighted by molar-refractivity contribution is 6.30. The first-order chi connectivity index (χ1) is 16.5. The Labute approximate surface area is 208 Å². The predicted octanol–water partition coefficient (Wildman–Crippen LogP) is 5.28. The van der Waals surface area contributed by atoms with E-state index in [0.717, 1.165) is 5.56 Å². The van der Waals surface area contributed by atoms with Gasteiger partial charge in [-0.25, -0.2) is 9.37 Å². The largest absolute Gasteiger partial charge is 0.488 e. The SMILES string of the molecule is CC(C)Oc1ccc(Nc2ncc(CC(=O)C(C)(C)C#N)c(=O)n2Cc2ccc(Cl)cc2)cc1F. The molecule has 1 heterocycles. The molecule has 0 amide bonds. The maximum absolute atomic E-state index is 14.5. The van der Waals surface area contributed by atoms with Gasteiger partial charge in [0.25, 0.3) is 5.56 Å². The molecule has 2 aromatic carbocycles. The van der Waals surface area contributed by atoms with Gasteiger partial charge in [-0.05, 0) is 57.5 Å². The van der Waals surface area contributed by atoms with Crippen LogP contribution in [0.5, 0.6) is 5.75 Å². The number of carbonyl (C=O) groups excluding carboxylic acids is 1. The van der Waals surface area contributed by atoms with Crippen molar-refractivity contribution < 1.29 is 13.9 Å². The first kappa shape index (κ1) is 25.9. The molecule has 1 aromatic heterocycles. The molecule has 0 fully saturated rings. The van der Waals surface area contributed by atoms with Crippen molar-refractivity contribution in [2.75, 3.05) is 5.32 Å². The van der Waals surface area contributed by atoms with Crippen LogP contribution in [0, 0.1) is 22.6 Å². The summed E-state index contributed by atoms with van der Waals surface area (Å²) in [5.74, 6) is -0.666. The number of benzene rings is 2. The Bertz CT molecular complexity index is 1330. The van der Waals surface area contributed by atoms with Crippen molar-refractivity contribution in [3.05, 3.63) is 81.0 Å². The van der Waals surface area contributed by atoms with E-state index in [4.69, 9.17) is 16.3 Å². The number of aromatic nitrogens is 2. The van der Waals surface area contributed by atoms with Crippen LogP contribution in [0.15, 0.2) is 53.5 Å². The minimum atomic E-state index is -1.23. The number of halogens is 2. The second-order valence-electron chi connectivity index (χ2n) is 8.90. The highest BCUT2D eigenvalue weighted by Gasteiger charge is 2.28. The van der Waals surface area contributed by atoms with Gasteiger partial charge in [0, 0.05) is 35.0 Å². The van der Waals surface area contributed by atoms with Crippen LogP contribution in [0.1, 0.15) is 38.8 Å². The Hall–Kier alpha value is -3.70. The van der Waals surface area contributed by atoms with Gasteiger partial charge in [0.2, 0.25) is 5.95 Å². The number of nitrogens with one attached hydrogen (secondary N) is 1. The van der Waals surface area contributed by atoms with Crippen molar-refractivity contribution in [1.82, 2.24) is 9.55 Å². The minimum absolute atomic E-state index is 0.117. The molecule has 0 atom stereocenters. The number of ketones is 1. The lowest BCUT2D eigenvalue weighted by Gasteiger charge is -2.17. The Balaban J connectivity index is 2.00. The topological polar surface area (TPSA) is 97.0 Å². The van der Waals surface area contributed by atoms with E-state index >= 15 is 0 Å². The molecule has 9 heteroatoms. The van der Waals surface area contributed by atoms with Crippen LogP contribution in [-0.2, 0) is 17.8 Å². The Morgan fingerprint density at radius 3 is 2.54 bits per heavy atom. The van der Waals surface area contributed by atoms with Crippen molar-refractivity contribution in [2.24, 2.45) is 5.41 Å². The number of hydrogen-bond donors (Lipinski definition) is 1. The second-order valence-corrected chi connectivity index (χ2v) is 9.33. The zero-order valence-corrected chi connectivity index (χ0v) is 20.7. The van der Waals surface area contributed by atoms with Gasteiger partial charge in [0.1, 0.15) is 5.41 Å². The Kier molecular flexibility index (Phi) is 7.92. The summed E-state index contributed by atoms with van der Waals surface area (Å²) in [6.07, 6.45) is 0.889. The molecule has 0 aliphatic rings. The summed E-state index contributed by atoms with van der Waals surface area (Å²) in [4.78, 5) is 30.3. The van der Waals surface area contributed by atoms with E-state index in [1.165, 1.54) is 36.7 Å². The molecule has 0 aliphatic heterocycles. The molecule has 0 unspecified atom stereocenters. The summed E-state index contributed by atoms with van der Waals surface area (Å²) in [5.41, 5.74) is -0.384. The van der Waals surface area contributed by atoms with E-state index < -0.39 is 16.8 Å². The van der Waals surface area contributed by atoms with E-state index in [9.17, 15) is 19.2 Å². The summed E-state index contributed by atoms with van der Waals surface area (Å²) in [6, 6.07) is 13.3. The lowest BCUT2D eigenvalue weighted by molar-refractivity contribution is -0.123. The molecule has 1 N–H and O–H groups in total. The monoisotopic (exact) mass is 496 g/mol. The van der Waals surface area contributed by atoms with Crippen LogP contribution in [0.25, 0.3) is 0 Å². The van der Waals surface area contributed by atoms with Crippen LogP contribution in [0.3, 0.4) is 0 Å². The van der Waals surface area contributed by atoms with Crippen LogP contribution in [0.4, 0.5) is 16.0 Å². The third-order valence-corrected chi connectivity index (χ3v) is 5.50. The third-order valence-electron chi connectivity index (χ3n) is 5.25. The number of Topliss-reactive ketones (excluding diaryl/α,β-unsaturated/α-hetero) is 1. The summed E-state index contributed by atoms with van der Waals surface area (Å²) in [6.45, 7) is 6.74. The summed E-state index contributed by atoms with van der Waals surface area (Å²) >= 11 is 5.98. The number of anilines is 2. The fraction of sp³-hybridized carbons (Fsp3) is 0.308. The number of carbonyl (C=O) groups is 1. The quantitative estimate of drug-likeness (QED) is 0.433. The first-order valence-corrected chi connectivity index (χ1v) is 11.4. The molecule has 3 aromatic rings. The lowest BCUT2D eigenvalue weighted by Crippen LogP contribution is -2.31. The molecular formula is C26H26ClFN4O3. The summed E-state index contributed by atoms with van der Waals surface area (Å²) in [5, 5.41) is 12.8. The summed E-state index contributed by atoms with van der Waals surface area (Å²) < 4.78 is 21.3. The number of ether oxygens (including phenoxy) is 1. The molecule has 3 rings (SSSR count). The van der Waals surface area contributed by atoms with Crippen LogP contribution in [0.2, 0.25) is 5.02 Å². The lowest BCUT2D eigenvalue weighted by atomic mass is 9.87. The minimum Gasteiger partial charge on any atom is -0.488 e. The number of hydrogen-bond acceptors (Lipinski definition) is 6. The number of nitriles is 1. The molecule has 182 valence electrons. The average Bonchev–Trinajstić information content (AvgIpc) is 2.80. The van der Waals surface area contributed by atoms with E-state index in [1.54, 1.807) is 44.2 Å². The van der Waals surface area contributed by atoms with Gasteiger partial charge in [-0.1, -0.05) is 23.7 Å². The van der Waals surface area contributed by atoms with Crippen LogP contribution < -0.4 is 15.6 Å². The average molecular weight is 497 g/mol. The molecule has 0 bridgehead atoms. The number of rotatable bonds is 9. The molecule has 0 radical (unpaired) electrons. The van der Waals surface area contributed by atoms with Gasteiger partial charge in [-0.3, -0.25) is 14.2 Å². The van der Waals surface area contributed by atoms with Crippen molar-refractivity contribution in [1.29, 1.82) is 5.26 Å². The molecule has 0 saturated heterocycles. The normalized spacial score (nSPS) is 11.3. The fourth-order valence-electron chi connectivity index (χ4n) is 3.19. The van der Waals surface area contributed by atoms with Crippen molar-refractivity contribution in [2.45, 2.75) is 46.8 Å². The van der Waals surface area contributed by atoms with Gasteiger partial charge >= 0.3 is 0 Å². The first-order valence-electron chi connectivity index (χ1n) is 11.0. The van der Waals surface area contributed by atoms with E-state index in [1.807, 2.05) is 6.07 Å². The zero-order chi connectivity index (χ0) is 25.8. The van der Waals surface area contributed by atoms with E-state index in [2.05, 4.69) is 10.3 Å². The predicted molar refractivity (Wildman–Crippen MR) is 133 cm³/mol. The summed E-state index contributed by atoms with van der Waals surface area (Å²) in [7, 11) is 0. The maximum Gasteiger partial charge on any atom is 0.258 e. The van der Waals surface area contributed by atoms with Crippen molar-refractivity contribution in [3.63, 3.8) is 0 Å². The van der Waals surface area contributed by atoms with Gasteiger partial charge in [-0.15, -0.1) is 0 Å². The highest BCUT2D eigenvalue weighted by Crippen LogP contribution is 2.24. The van der Waals surface area contributed by atoms with Gasteiger partial charge in [0.05, 0.1) is 18.7 Å². The maximum atomic E-state index is 14.5. The molecule has 0 spiro atoms. The van der Waals surface area contributed by atoms with E-state index in [-0.39, 0.29) is 42.1 Å². The Morgan fingerprint density at radius 1 is 1.26 bits per heavy atom. The van der Waals surface area contributed by atoms with E-state index in [0.29, 0.717) is 10.7 Å². The van der Waals surface area contributed by atoms with Gasteiger partial charge in [-0.2, -0.15) is 5.26 Å². The van der Waals surface area contributed by atoms with Crippen LogP contribution in [-0.4, -0.2) is 21.4 Å². The molecule has 7 nitrogen and oxygen atoms in total. The molecule has 0 aliphatic carbocycles. The third kappa shape index (κ3) is 6.46. The smallest absolute Gasteiger partial charge is 0.258 e. The Morgan fingerprint density at radius 2 is 1.94 bits per heavy atom. The zero-order valence-electron chi connectivity index (χ0n) is 19.9. The molecule has 35 heavy (non-hydrogen) atoms. The second kappa shape index (κ2) is 10.7. The molecule has 0 saturated carbocycles. The van der Waals surface area contributed by atoms with Crippen molar-refractivity contribution in [3.8, 4) is 11.8 Å². The number of nitrogens with zero attached hydrogens (tertiary/aromatic N) is 3. The van der Waals surface area contributed by atoms with Crippen LogP contribution >= 0.6 is 11.6 Å². The highest BCUT2D eigenvalue weighted by atomic mass is 35.5. The fourth-order valence-corrected chi connectivity index (χ4v) is 3.31. The molecular weight excluding hydrogens is 471 g/mol. The van der Waals surface area contributed by atoms with Gasteiger partial charge in [0.15, 0.2) is 17.3 Å².